The number of rotatable bonds is 4. The number of carbonyl (C=O) groups excluding carboxylic acids is 1. The summed E-state index contributed by atoms with van der Waals surface area (Å²) in [6.07, 6.45) is 6.21. The summed E-state index contributed by atoms with van der Waals surface area (Å²) in [6.45, 7) is 6.16. The summed E-state index contributed by atoms with van der Waals surface area (Å²) in [7, 11) is 0. The van der Waals surface area contributed by atoms with Gasteiger partial charge in [-0.1, -0.05) is 19.1 Å². The van der Waals surface area contributed by atoms with Crippen molar-refractivity contribution in [2.75, 3.05) is 6.61 Å². The molecule has 0 atom stereocenters. The van der Waals surface area contributed by atoms with Crippen LogP contribution >= 0.6 is 0 Å². The van der Waals surface area contributed by atoms with Crippen LogP contribution in [-0.4, -0.2) is 12.6 Å². The maximum absolute atomic E-state index is 11.0. The number of esters is 1. The van der Waals surface area contributed by atoms with E-state index >= 15 is 0 Å². The lowest BCUT2D eigenvalue weighted by atomic mass is 10.2. The molecule has 0 aromatic rings. The van der Waals surface area contributed by atoms with Gasteiger partial charge in [-0.05, 0) is 25.8 Å². The minimum absolute atomic E-state index is 0.257. The third-order valence-electron chi connectivity index (χ3n) is 1.38. The van der Waals surface area contributed by atoms with Gasteiger partial charge in [0.2, 0.25) is 0 Å². The average Bonchev–Trinajstić information content (AvgIpc) is 2.04. The topological polar surface area (TPSA) is 26.3 Å². The molecule has 0 saturated carbocycles. The standard InChI is InChI=1S/C10H16O2/c1-4-7-9(5-2)8-10(11)12-6-3/h4,7-8H,5-6H2,1-3H3/b7-4+,9-8+. The summed E-state index contributed by atoms with van der Waals surface area (Å²) in [5.74, 6) is -0.257. The van der Waals surface area contributed by atoms with Crippen molar-refractivity contribution in [3.63, 3.8) is 0 Å². The van der Waals surface area contributed by atoms with Crippen molar-refractivity contribution in [2.24, 2.45) is 0 Å². The van der Waals surface area contributed by atoms with Crippen LogP contribution in [0.1, 0.15) is 27.2 Å². The molecule has 0 heterocycles. The Kier molecular flexibility index (Phi) is 6.07. The fourth-order valence-electron chi connectivity index (χ4n) is 0.817. The van der Waals surface area contributed by atoms with Crippen LogP contribution in [0.5, 0.6) is 0 Å². The van der Waals surface area contributed by atoms with Crippen LogP contribution in [-0.2, 0) is 9.53 Å². The smallest absolute Gasteiger partial charge is 0.331 e. The van der Waals surface area contributed by atoms with E-state index in [1.165, 1.54) is 6.08 Å². The van der Waals surface area contributed by atoms with E-state index in [-0.39, 0.29) is 5.97 Å². The van der Waals surface area contributed by atoms with Crippen LogP contribution in [0.15, 0.2) is 23.8 Å². The largest absolute Gasteiger partial charge is 0.463 e. The molecule has 0 N–H and O–H groups in total. The van der Waals surface area contributed by atoms with Gasteiger partial charge in [-0.15, -0.1) is 0 Å². The van der Waals surface area contributed by atoms with Crippen molar-refractivity contribution in [3.05, 3.63) is 23.8 Å². The van der Waals surface area contributed by atoms with E-state index in [0.29, 0.717) is 6.61 Å². The Balaban J connectivity index is 4.17. The molecule has 68 valence electrons. The van der Waals surface area contributed by atoms with E-state index in [0.717, 1.165) is 12.0 Å². The first kappa shape index (κ1) is 11.0. The summed E-state index contributed by atoms with van der Waals surface area (Å²) in [5.41, 5.74) is 0.996. The molecule has 0 amide bonds. The second-order valence-electron chi connectivity index (χ2n) is 2.32. The quantitative estimate of drug-likeness (QED) is 0.366. The molecular weight excluding hydrogens is 152 g/mol. The van der Waals surface area contributed by atoms with E-state index in [4.69, 9.17) is 4.74 Å². The van der Waals surface area contributed by atoms with Crippen molar-refractivity contribution in [2.45, 2.75) is 27.2 Å². The fraction of sp³-hybridized carbons (Fsp3) is 0.500. The van der Waals surface area contributed by atoms with Crippen molar-refractivity contribution >= 4 is 5.97 Å². The van der Waals surface area contributed by atoms with Crippen LogP contribution in [0.3, 0.4) is 0 Å². The molecule has 2 nitrogen and oxygen atoms in total. The SMILES string of the molecule is C/C=C/C(=C/C(=O)OCC)CC. The molecule has 0 saturated heterocycles. The molecule has 2 heteroatoms. The molecule has 0 aromatic carbocycles. The van der Waals surface area contributed by atoms with Gasteiger partial charge in [0.05, 0.1) is 6.61 Å². The number of allylic oxidation sites excluding steroid dienone is 3. The monoisotopic (exact) mass is 168 g/mol. The van der Waals surface area contributed by atoms with Crippen LogP contribution in [0.2, 0.25) is 0 Å². The molecule has 0 bridgehead atoms. The lowest BCUT2D eigenvalue weighted by Gasteiger charge is -1.98. The Hall–Kier alpha value is -1.05. The first-order valence-corrected chi connectivity index (χ1v) is 4.24. The van der Waals surface area contributed by atoms with E-state index < -0.39 is 0 Å². The van der Waals surface area contributed by atoms with E-state index in [1.54, 1.807) is 6.92 Å². The highest BCUT2D eigenvalue weighted by Gasteiger charge is 1.96. The highest BCUT2D eigenvalue weighted by atomic mass is 16.5. The molecule has 12 heavy (non-hydrogen) atoms. The Morgan fingerprint density at radius 3 is 2.50 bits per heavy atom. The number of hydrogen-bond donors (Lipinski definition) is 0. The van der Waals surface area contributed by atoms with Crippen LogP contribution < -0.4 is 0 Å². The summed E-state index contributed by atoms with van der Waals surface area (Å²) in [6, 6.07) is 0. The molecule has 0 unspecified atom stereocenters. The fourth-order valence-corrected chi connectivity index (χ4v) is 0.817. The van der Waals surface area contributed by atoms with Gasteiger partial charge < -0.3 is 4.74 Å². The summed E-state index contributed by atoms with van der Waals surface area (Å²) < 4.78 is 4.77. The van der Waals surface area contributed by atoms with Gasteiger partial charge in [-0.25, -0.2) is 4.79 Å². The molecule has 0 aromatic heterocycles. The highest BCUT2D eigenvalue weighted by Crippen LogP contribution is 2.02. The summed E-state index contributed by atoms with van der Waals surface area (Å²) in [4.78, 5) is 11.0. The second kappa shape index (κ2) is 6.65. The molecule has 0 radical (unpaired) electrons. The highest BCUT2D eigenvalue weighted by molar-refractivity contribution is 5.83. The Morgan fingerprint density at radius 1 is 1.42 bits per heavy atom. The maximum Gasteiger partial charge on any atom is 0.331 e. The van der Waals surface area contributed by atoms with Gasteiger partial charge >= 0.3 is 5.97 Å². The first-order chi connectivity index (χ1) is 5.74. The van der Waals surface area contributed by atoms with Gasteiger partial charge in [0, 0.05) is 6.08 Å². The molecule has 0 rings (SSSR count). The van der Waals surface area contributed by atoms with Crippen LogP contribution in [0.4, 0.5) is 0 Å². The summed E-state index contributed by atoms with van der Waals surface area (Å²) in [5, 5.41) is 0. The molecule has 0 fully saturated rings. The predicted octanol–water partition coefficient (Wildman–Crippen LogP) is 2.46. The zero-order valence-electron chi connectivity index (χ0n) is 7.96. The van der Waals surface area contributed by atoms with Crippen LogP contribution in [0, 0.1) is 0 Å². The Bertz CT molecular complexity index is 190. The minimum atomic E-state index is -0.257. The normalized spacial score (nSPS) is 12.1. The zero-order valence-corrected chi connectivity index (χ0v) is 7.96. The minimum Gasteiger partial charge on any atom is -0.463 e. The van der Waals surface area contributed by atoms with E-state index in [9.17, 15) is 4.79 Å². The Morgan fingerprint density at radius 2 is 2.08 bits per heavy atom. The van der Waals surface area contributed by atoms with Crippen molar-refractivity contribution in [1.29, 1.82) is 0 Å². The van der Waals surface area contributed by atoms with Gasteiger partial charge in [0.25, 0.3) is 0 Å². The summed E-state index contributed by atoms with van der Waals surface area (Å²) >= 11 is 0. The lowest BCUT2D eigenvalue weighted by Crippen LogP contribution is -2.00. The first-order valence-electron chi connectivity index (χ1n) is 4.24. The number of hydrogen-bond acceptors (Lipinski definition) is 2. The Labute approximate surface area is 73.9 Å². The van der Waals surface area contributed by atoms with E-state index in [1.807, 2.05) is 26.0 Å². The van der Waals surface area contributed by atoms with Gasteiger partial charge in [-0.3, -0.25) is 0 Å². The molecule has 0 aliphatic carbocycles. The molecule has 0 spiro atoms. The van der Waals surface area contributed by atoms with Gasteiger partial charge in [0.1, 0.15) is 0 Å². The third-order valence-corrected chi connectivity index (χ3v) is 1.38. The van der Waals surface area contributed by atoms with E-state index in [2.05, 4.69) is 0 Å². The molecule has 0 aliphatic rings. The van der Waals surface area contributed by atoms with Gasteiger partial charge in [-0.2, -0.15) is 0 Å². The predicted molar refractivity (Wildman–Crippen MR) is 49.8 cm³/mol. The van der Waals surface area contributed by atoms with Crippen molar-refractivity contribution in [3.8, 4) is 0 Å². The number of carbonyl (C=O) groups is 1. The number of ether oxygens (including phenoxy) is 1. The van der Waals surface area contributed by atoms with Crippen molar-refractivity contribution in [1.82, 2.24) is 0 Å². The third kappa shape index (κ3) is 4.72. The molecule has 0 aliphatic heterocycles. The average molecular weight is 168 g/mol. The van der Waals surface area contributed by atoms with Crippen molar-refractivity contribution < 1.29 is 9.53 Å². The zero-order chi connectivity index (χ0) is 9.40. The van der Waals surface area contributed by atoms with Crippen LogP contribution in [0.25, 0.3) is 0 Å². The van der Waals surface area contributed by atoms with Gasteiger partial charge in [0.15, 0.2) is 0 Å². The maximum atomic E-state index is 11.0. The lowest BCUT2D eigenvalue weighted by molar-refractivity contribution is -0.137. The second-order valence-corrected chi connectivity index (χ2v) is 2.32. The molecular formula is C10H16O2.